The molecular weight excluding hydrogens is 356 g/mol. The third kappa shape index (κ3) is 2.47. The lowest BCUT2D eigenvalue weighted by Crippen LogP contribution is -2.50. The molecule has 2 fully saturated rings. The number of nitrogens with zero attached hydrogens (tertiary/aromatic N) is 2. The van der Waals surface area contributed by atoms with Crippen LogP contribution in [0.3, 0.4) is 0 Å². The van der Waals surface area contributed by atoms with Crippen molar-refractivity contribution >= 4 is 37.5 Å². The van der Waals surface area contributed by atoms with Crippen molar-refractivity contribution in [2.24, 2.45) is 0 Å². The topological polar surface area (TPSA) is 6.48 Å². The van der Waals surface area contributed by atoms with E-state index in [-0.39, 0.29) is 0 Å². The van der Waals surface area contributed by atoms with Crippen LogP contribution in [-0.2, 0) is 5.33 Å². The number of anilines is 1. The molecule has 0 aromatic heterocycles. The second kappa shape index (κ2) is 5.51. The van der Waals surface area contributed by atoms with Crippen molar-refractivity contribution in [2.45, 2.75) is 24.2 Å². The lowest BCUT2D eigenvalue weighted by molar-refractivity contribution is 0.231. The van der Waals surface area contributed by atoms with Gasteiger partial charge in [-0.15, -0.1) is 0 Å². The highest BCUT2D eigenvalue weighted by Gasteiger charge is 2.30. The summed E-state index contributed by atoms with van der Waals surface area (Å²) in [6, 6.07) is 7.52. The number of alkyl halides is 1. The van der Waals surface area contributed by atoms with Crippen molar-refractivity contribution in [3.8, 4) is 0 Å². The van der Waals surface area contributed by atoms with Crippen molar-refractivity contribution in [2.75, 3.05) is 31.1 Å². The molecule has 2 heterocycles. The Morgan fingerprint density at radius 3 is 2.89 bits per heavy atom. The number of fused-ring (bicyclic) bond motifs is 1. The molecule has 0 radical (unpaired) electrons. The zero-order valence-corrected chi connectivity index (χ0v) is 13.6. The summed E-state index contributed by atoms with van der Waals surface area (Å²) in [6.45, 7) is 4.89. The Morgan fingerprint density at radius 2 is 2.11 bits per heavy atom. The summed E-state index contributed by atoms with van der Waals surface area (Å²) in [4.78, 5) is 5.19. The first-order valence-electron chi connectivity index (χ1n) is 6.61. The standard InChI is InChI=1S/C14H18Br2N2/c15-9-11-3-4-12(8-14(11)16)18-7-6-17-5-1-2-13(17)10-18/h3-4,8,13H,1-2,5-7,9-10H2. The molecule has 0 saturated carbocycles. The van der Waals surface area contributed by atoms with E-state index >= 15 is 0 Å². The van der Waals surface area contributed by atoms with Gasteiger partial charge in [0.05, 0.1) is 0 Å². The second-order valence-corrected chi connectivity index (χ2v) is 6.60. The third-order valence-electron chi connectivity index (χ3n) is 4.13. The van der Waals surface area contributed by atoms with E-state index in [1.807, 2.05) is 0 Å². The van der Waals surface area contributed by atoms with Crippen LogP contribution in [0.4, 0.5) is 5.69 Å². The molecule has 98 valence electrons. The van der Waals surface area contributed by atoms with Gasteiger partial charge in [-0.2, -0.15) is 0 Å². The highest BCUT2D eigenvalue weighted by molar-refractivity contribution is 9.10. The largest absolute Gasteiger partial charge is 0.369 e. The van der Waals surface area contributed by atoms with E-state index in [1.54, 1.807) is 0 Å². The van der Waals surface area contributed by atoms with Crippen molar-refractivity contribution in [1.82, 2.24) is 4.90 Å². The normalized spacial score (nSPS) is 24.3. The molecule has 0 aliphatic carbocycles. The minimum absolute atomic E-state index is 0.786. The SMILES string of the molecule is BrCc1ccc(N2CCN3CCCC3C2)cc1Br. The number of hydrogen-bond acceptors (Lipinski definition) is 2. The van der Waals surface area contributed by atoms with Gasteiger partial charge < -0.3 is 4.90 Å². The second-order valence-electron chi connectivity index (χ2n) is 5.19. The van der Waals surface area contributed by atoms with Gasteiger partial charge in [0.2, 0.25) is 0 Å². The maximum absolute atomic E-state index is 3.66. The van der Waals surface area contributed by atoms with Crippen LogP contribution in [0.25, 0.3) is 0 Å². The van der Waals surface area contributed by atoms with Gasteiger partial charge in [-0.3, -0.25) is 4.90 Å². The highest BCUT2D eigenvalue weighted by atomic mass is 79.9. The van der Waals surface area contributed by atoms with E-state index in [9.17, 15) is 0 Å². The van der Waals surface area contributed by atoms with Crippen molar-refractivity contribution in [3.05, 3.63) is 28.2 Å². The van der Waals surface area contributed by atoms with Crippen LogP contribution < -0.4 is 4.90 Å². The quantitative estimate of drug-likeness (QED) is 0.730. The van der Waals surface area contributed by atoms with Crippen LogP contribution in [0.15, 0.2) is 22.7 Å². The average molecular weight is 374 g/mol. The van der Waals surface area contributed by atoms with Crippen molar-refractivity contribution in [1.29, 1.82) is 0 Å². The molecule has 3 rings (SSSR count). The molecule has 2 aliphatic heterocycles. The van der Waals surface area contributed by atoms with Gasteiger partial charge in [-0.05, 0) is 37.1 Å². The molecule has 1 aromatic rings. The molecule has 2 saturated heterocycles. The van der Waals surface area contributed by atoms with Crippen LogP contribution in [0.1, 0.15) is 18.4 Å². The Labute approximate surface area is 126 Å². The van der Waals surface area contributed by atoms with E-state index in [0.717, 1.165) is 17.9 Å². The summed E-state index contributed by atoms with van der Waals surface area (Å²) in [7, 11) is 0. The first-order valence-corrected chi connectivity index (χ1v) is 8.53. The van der Waals surface area contributed by atoms with Gasteiger partial charge >= 0.3 is 0 Å². The minimum Gasteiger partial charge on any atom is -0.369 e. The molecule has 1 aromatic carbocycles. The van der Waals surface area contributed by atoms with Crippen molar-refractivity contribution < 1.29 is 0 Å². The highest BCUT2D eigenvalue weighted by Crippen LogP contribution is 2.29. The number of benzene rings is 1. The molecule has 0 bridgehead atoms. The fourth-order valence-electron chi connectivity index (χ4n) is 3.07. The first-order chi connectivity index (χ1) is 8.78. The Hall–Kier alpha value is -0.0600. The van der Waals surface area contributed by atoms with Crippen LogP contribution in [0.5, 0.6) is 0 Å². The maximum Gasteiger partial charge on any atom is 0.0378 e. The van der Waals surface area contributed by atoms with Gasteiger partial charge in [0.15, 0.2) is 0 Å². The third-order valence-corrected chi connectivity index (χ3v) is 5.48. The summed E-state index contributed by atoms with van der Waals surface area (Å²) < 4.78 is 1.21. The zero-order valence-electron chi connectivity index (χ0n) is 10.4. The summed E-state index contributed by atoms with van der Waals surface area (Å²) in [5.41, 5.74) is 2.68. The summed E-state index contributed by atoms with van der Waals surface area (Å²) in [5, 5.41) is 0.907. The lowest BCUT2D eigenvalue weighted by Gasteiger charge is -2.39. The molecule has 1 unspecified atom stereocenters. The molecule has 2 nitrogen and oxygen atoms in total. The number of halogens is 2. The Balaban J connectivity index is 1.76. The van der Waals surface area contributed by atoms with E-state index in [1.165, 1.54) is 48.2 Å². The van der Waals surface area contributed by atoms with Gasteiger partial charge in [0, 0.05) is 41.2 Å². The van der Waals surface area contributed by atoms with Crippen LogP contribution >= 0.6 is 31.9 Å². The van der Waals surface area contributed by atoms with E-state index in [4.69, 9.17) is 0 Å². The maximum atomic E-state index is 3.66. The molecule has 2 aliphatic rings. The minimum atomic E-state index is 0.786. The molecule has 0 amide bonds. The summed E-state index contributed by atoms with van der Waals surface area (Å²) >= 11 is 7.18. The van der Waals surface area contributed by atoms with Crippen LogP contribution in [0, 0.1) is 0 Å². The average Bonchev–Trinajstić information content (AvgIpc) is 2.85. The van der Waals surface area contributed by atoms with Crippen LogP contribution in [-0.4, -0.2) is 37.1 Å². The van der Waals surface area contributed by atoms with Crippen molar-refractivity contribution in [3.63, 3.8) is 0 Å². The predicted octanol–water partition coefficient (Wildman–Crippen LogP) is 3.63. The molecular formula is C14H18Br2N2. The van der Waals surface area contributed by atoms with Gasteiger partial charge in [-0.1, -0.05) is 37.9 Å². The molecule has 18 heavy (non-hydrogen) atoms. The van der Waals surface area contributed by atoms with E-state index < -0.39 is 0 Å². The summed E-state index contributed by atoms with van der Waals surface area (Å²) in [5.74, 6) is 0. The Kier molecular flexibility index (Phi) is 3.97. The molecule has 1 atom stereocenters. The van der Waals surface area contributed by atoms with Gasteiger partial charge in [0.25, 0.3) is 0 Å². The molecule has 4 heteroatoms. The Bertz CT molecular complexity index is 436. The number of hydrogen-bond donors (Lipinski definition) is 0. The lowest BCUT2D eigenvalue weighted by atomic mass is 10.1. The van der Waals surface area contributed by atoms with Crippen LogP contribution in [0.2, 0.25) is 0 Å². The first kappa shape index (κ1) is 12.9. The molecule has 0 spiro atoms. The number of piperazine rings is 1. The fourth-order valence-corrected chi connectivity index (χ4v) is 4.44. The smallest absolute Gasteiger partial charge is 0.0378 e. The van der Waals surface area contributed by atoms with Gasteiger partial charge in [0.1, 0.15) is 0 Å². The fraction of sp³-hybridized carbons (Fsp3) is 0.571. The predicted molar refractivity (Wildman–Crippen MR) is 83.6 cm³/mol. The van der Waals surface area contributed by atoms with Gasteiger partial charge in [-0.25, -0.2) is 0 Å². The number of rotatable bonds is 2. The Morgan fingerprint density at radius 1 is 1.22 bits per heavy atom. The zero-order chi connectivity index (χ0) is 12.5. The monoisotopic (exact) mass is 372 g/mol. The summed E-state index contributed by atoms with van der Waals surface area (Å²) in [6.07, 6.45) is 2.75. The molecule has 0 N–H and O–H groups in total. The van der Waals surface area contributed by atoms with E-state index in [2.05, 4.69) is 59.9 Å². The van der Waals surface area contributed by atoms with E-state index in [0.29, 0.717) is 0 Å².